The highest BCUT2D eigenvalue weighted by Gasteiger charge is 2.45. The molecule has 0 saturated carbocycles. The lowest BCUT2D eigenvalue weighted by atomic mass is 9.95. The minimum atomic E-state index is -0.834. The van der Waals surface area contributed by atoms with E-state index < -0.39 is 23.5 Å². The fourth-order valence-corrected chi connectivity index (χ4v) is 4.31. The number of hydrogen-bond donors (Lipinski definition) is 1. The van der Waals surface area contributed by atoms with Crippen molar-refractivity contribution in [3.63, 3.8) is 0 Å². The zero-order valence-corrected chi connectivity index (χ0v) is 20.2. The fourth-order valence-electron chi connectivity index (χ4n) is 4.31. The Balaban J connectivity index is 1.62. The van der Waals surface area contributed by atoms with E-state index in [1.165, 1.54) is 29.2 Å². The molecular formula is C29H28FNO5. The first kappa shape index (κ1) is 25.1. The molecule has 1 fully saturated rings. The molecule has 0 spiro atoms. The van der Waals surface area contributed by atoms with E-state index in [-0.39, 0.29) is 17.9 Å². The first-order valence-corrected chi connectivity index (χ1v) is 11.7. The number of aliphatic hydroxyl groups excluding tert-OH is 1. The number of amides is 1. The van der Waals surface area contributed by atoms with E-state index in [2.05, 4.69) is 0 Å². The average Bonchev–Trinajstić information content (AvgIpc) is 3.13. The third-order valence-electron chi connectivity index (χ3n) is 6.09. The monoisotopic (exact) mass is 489 g/mol. The van der Waals surface area contributed by atoms with Crippen LogP contribution in [-0.2, 0) is 20.9 Å². The summed E-state index contributed by atoms with van der Waals surface area (Å²) in [6, 6.07) is 19.4. The zero-order chi connectivity index (χ0) is 25.7. The molecule has 7 heteroatoms. The summed E-state index contributed by atoms with van der Waals surface area (Å²) in [5.41, 5.74) is 3.06. The van der Waals surface area contributed by atoms with Gasteiger partial charge in [-0.25, -0.2) is 4.39 Å². The molecule has 0 aliphatic carbocycles. The number of ether oxygens (including phenoxy) is 2. The van der Waals surface area contributed by atoms with Gasteiger partial charge in [0, 0.05) is 25.8 Å². The van der Waals surface area contributed by atoms with Gasteiger partial charge in [0.05, 0.1) is 11.6 Å². The summed E-state index contributed by atoms with van der Waals surface area (Å²) in [5, 5.41) is 11.2. The molecule has 36 heavy (non-hydrogen) atoms. The molecule has 0 radical (unpaired) electrons. The van der Waals surface area contributed by atoms with Crippen LogP contribution in [0.1, 0.15) is 34.7 Å². The van der Waals surface area contributed by atoms with Crippen molar-refractivity contribution in [2.45, 2.75) is 26.0 Å². The molecule has 6 nitrogen and oxygen atoms in total. The van der Waals surface area contributed by atoms with Crippen LogP contribution in [0.4, 0.5) is 4.39 Å². The second kappa shape index (κ2) is 11.2. The summed E-state index contributed by atoms with van der Waals surface area (Å²) in [6.07, 6.45) is 0.508. The number of likely N-dealkylation sites (tertiary alicyclic amines) is 1. The van der Waals surface area contributed by atoms with E-state index in [0.717, 1.165) is 11.1 Å². The number of carbonyl (C=O) groups excluding carboxylic acids is 2. The summed E-state index contributed by atoms with van der Waals surface area (Å²) in [5.74, 6) is -1.61. The molecule has 1 amide bonds. The topological polar surface area (TPSA) is 76.1 Å². The van der Waals surface area contributed by atoms with E-state index in [1.807, 2.05) is 31.2 Å². The van der Waals surface area contributed by atoms with Gasteiger partial charge in [0.15, 0.2) is 0 Å². The number of methoxy groups -OCH3 is 1. The maximum atomic E-state index is 13.6. The maximum absolute atomic E-state index is 13.6. The van der Waals surface area contributed by atoms with Crippen molar-refractivity contribution in [3.05, 3.63) is 106 Å². The Morgan fingerprint density at radius 1 is 1.03 bits per heavy atom. The van der Waals surface area contributed by atoms with E-state index in [1.54, 1.807) is 31.4 Å². The molecule has 3 aromatic carbocycles. The number of halogens is 1. The lowest BCUT2D eigenvalue weighted by Gasteiger charge is -2.25. The second-order valence-electron chi connectivity index (χ2n) is 8.69. The molecular weight excluding hydrogens is 461 g/mol. The van der Waals surface area contributed by atoms with Gasteiger partial charge in [-0.05, 0) is 60.9 Å². The number of rotatable bonds is 9. The summed E-state index contributed by atoms with van der Waals surface area (Å²) >= 11 is 0. The van der Waals surface area contributed by atoms with Crippen LogP contribution in [0.3, 0.4) is 0 Å². The minimum absolute atomic E-state index is 0.0301. The van der Waals surface area contributed by atoms with Crippen molar-refractivity contribution in [2.75, 3.05) is 20.3 Å². The highest BCUT2D eigenvalue weighted by Crippen LogP contribution is 2.39. The molecule has 1 N–H and O–H groups in total. The Labute approximate surface area is 209 Å². The van der Waals surface area contributed by atoms with Crippen LogP contribution in [0.25, 0.3) is 5.76 Å². The highest BCUT2D eigenvalue weighted by molar-refractivity contribution is 6.46. The van der Waals surface area contributed by atoms with Crippen LogP contribution in [0.15, 0.2) is 78.4 Å². The molecule has 1 saturated heterocycles. The third kappa shape index (κ3) is 5.47. The van der Waals surface area contributed by atoms with Crippen LogP contribution in [-0.4, -0.2) is 42.0 Å². The number of carbonyl (C=O) groups is 2. The van der Waals surface area contributed by atoms with Crippen molar-refractivity contribution in [3.8, 4) is 5.75 Å². The largest absolute Gasteiger partial charge is 0.507 e. The van der Waals surface area contributed by atoms with Gasteiger partial charge < -0.3 is 19.5 Å². The van der Waals surface area contributed by atoms with E-state index >= 15 is 0 Å². The Bertz CT molecular complexity index is 1270. The smallest absolute Gasteiger partial charge is 0.295 e. The van der Waals surface area contributed by atoms with Gasteiger partial charge in [0.25, 0.3) is 11.7 Å². The highest BCUT2D eigenvalue weighted by atomic mass is 19.1. The Kier molecular flexibility index (Phi) is 7.80. The molecule has 0 aromatic heterocycles. The van der Waals surface area contributed by atoms with Crippen molar-refractivity contribution in [1.29, 1.82) is 0 Å². The summed E-state index contributed by atoms with van der Waals surface area (Å²) in [6.45, 7) is 3.07. The van der Waals surface area contributed by atoms with Crippen molar-refractivity contribution < 1.29 is 28.6 Å². The van der Waals surface area contributed by atoms with Gasteiger partial charge in [0.1, 0.15) is 23.9 Å². The van der Waals surface area contributed by atoms with Gasteiger partial charge >= 0.3 is 0 Å². The Morgan fingerprint density at radius 3 is 2.42 bits per heavy atom. The van der Waals surface area contributed by atoms with Gasteiger partial charge in [-0.15, -0.1) is 0 Å². The van der Waals surface area contributed by atoms with Gasteiger partial charge in [-0.2, -0.15) is 0 Å². The zero-order valence-electron chi connectivity index (χ0n) is 20.2. The molecule has 1 aliphatic rings. The van der Waals surface area contributed by atoms with E-state index in [0.29, 0.717) is 36.5 Å². The third-order valence-corrected chi connectivity index (χ3v) is 6.09. The van der Waals surface area contributed by atoms with E-state index in [4.69, 9.17) is 9.47 Å². The number of nitrogens with zero attached hydrogens (tertiary/aromatic N) is 1. The number of aryl methyl sites for hydroxylation is 1. The van der Waals surface area contributed by atoms with Crippen LogP contribution >= 0.6 is 0 Å². The van der Waals surface area contributed by atoms with Crippen molar-refractivity contribution in [2.24, 2.45) is 0 Å². The molecule has 186 valence electrons. The summed E-state index contributed by atoms with van der Waals surface area (Å²) < 4.78 is 24.5. The molecule has 1 heterocycles. The number of hydrogen-bond acceptors (Lipinski definition) is 5. The summed E-state index contributed by atoms with van der Waals surface area (Å²) in [4.78, 5) is 27.3. The molecule has 0 unspecified atom stereocenters. The molecule has 1 atom stereocenters. The fraction of sp³-hybridized carbons (Fsp3) is 0.241. The van der Waals surface area contributed by atoms with E-state index in [9.17, 15) is 19.1 Å². The van der Waals surface area contributed by atoms with Crippen LogP contribution in [0.2, 0.25) is 0 Å². The first-order valence-electron chi connectivity index (χ1n) is 11.7. The lowest BCUT2D eigenvalue weighted by molar-refractivity contribution is -0.140. The molecule has 1 aliphatic heterocycles. The van der Waals surface area contributed by atoms with Gasteiger partial charge in [0.2, 0.25) is 0 Å². The standard InChI is InChI=1S/C29H28FNO5/c1-19-5-3-6-20(17-19)18-36-24-13-9-22(10-14-24)27(32)25-26(21-7-11-23(30)12-8-21)31(15-4-16-35-2)29(34)28(25)33/h3,5-14,17,26,32H,4,15-16,18H2,1-2H3/b27-25+/t26-/m1/s1. The Hall–Kier alpha value is -3.97. The number of Topliss-reactive ketones (excluding diaryl/α,β-unsaturated/α-hetero) is 1. The van der Waals surface area contributed by atoms with Crippen molar-refractivity contribution >= 4 is 17.4 Å². The molecule has 0 bridgehead atoms. The number of benzene rings is 3. The van der Waals surface area contributed by atoms with Gasteiger partial charge in [-0.1, -0.05) is 42.0 Å². The minimum Gasteiger partial charge on any atom is -0.507 e. The second-order valence-corrected chi connectivity index (χ2v) is 8.69. The van der Waals surface area contributed by atoms with Crippen LogP contribution in [0, 0.1) is 12.7 Å². The SMILES string of the molecule is COCCCN1C(=O)C(=O)/C(=C(/O)c2ccc(OCc3cccc(C)c3)cc2)[C@H]1c1ccc(F)cc1. The molecule has 4 rings (SSSR count). The quantitative estimate of drug-likeness (QED) is 0.194. The predicted octanol–water partition coefficient (Wildman–Crippen LogP) is 5.17. The van der Waals surface area contributed by atoms with Crippen LogP contribution < -0.4 is 4.74 Å². The number of ketones is 1. The van der Waals surface area contributed by atoms with Gasteiger partial charge in [-0.3, -0.25) is 9.59 Å². The Morgan fingerprint density at radius 2 is 1.75 bits per heavy atom. The average molecular weight is 490 g/mol. The lowest BCUT2D eigenvalue weighted by Crippen LogP contribution is -2.31. The maximum Gasteiger partial charge on any atom is 0.295 e. The number of aliphatic hydroxyl groups is 1. The van der Waals surface area contributed by atoms with Crippen molar-refractivity contribution in [1.82, 2.24) is 4.90 Å². The normalized spacial score (nSPS) is 17.0. The predicted molar refractivity (Wildman–Crippen MR) is 134 cm³/mol. The summed E-state index contributed by atoms with van der Waals surface area (Å²) in [7, 11) is 1.56. The van der Waals surface area contributed by atoms with Crippen LogP contribution in [0.5, 0.6) is 5.75 Å². The first-order chi connectivity index (χ1) is 17.4. The molecule has 3 aromatic rings.